The summed E-state index contributed by atoms with van der Waals surface area (Å²) in [6.45, 7) is 5.16. The molecule has 7 heteroatoms. The molecule has 150 valence electrons. The number of benzene rings is 2. The lowest BCUT2D eigenvalue weighted by molar-refractivity contribution is -0.141. The molecular weight excluding hydrogens is 378 g/mol. The van der Waals surface area contributed by atoms with Crippen LogP contribution in [0.15, 0.2) is 53.4 Å². The molecule has 0 heterocycles. The van der Waals surface area contributed by atoms with Crippen LogP contribution in [0, 0.1) is 6.92 Å². The van der Waals surface area contributed by atoms with Gasteiger partial charge >= 0.3 is 5.97 Å². The lowest BCUT2D eigenvalue weighted by Gasteiger charge is -2.19. The van der Waals surface area contributed by atoms with E-state index in [1.807, 2.05) is 31.2 Å². The topological polar surface area (TPSA) is 89.5 Å². The Morgan fingerprint density at radius 1 is 1.00 bits per heavy atom. The number of rotatable bonds is 7. The third-order valence-corrected chi connectivity index (χ3v) is 6.62. The van der Waals surface area contributed by atoms with Gasteiger partial charge in [0.1, 0.15) is 0 Å². The van der Waals surface area contributed by atoms with Gasteiger partial charge in [-0.3, -0.25) is 9.59 Å². The Kier molecular flexibility index (Phi) is 6.96. The molecule has 2 aromatic rings. The van der Waals surface area contributed by atoms with Crippen LogP contribution in [0.25, 0.3) is 0 Å². The number of ether oxygens (including phenoxy) is 1. The summed E-state index contributed by atoms with van der Waals surface area (Å²) in [6, 6.07) is 12.7. The van der Waals surface area contributed by atoms with Gasteiger partial charge in [0.25, 0.3) is 5.91 Å². The van der Waals surface area contributed by atoms with Crippen LogP contribution in [0.2, 0.25) is 0 Å². The average molecular weight is 404 g/mol. The smallest absolute Gasteiger partial charge is 0.307 e. The van der Waals surface area contributed by atoms with Gasteiger partial charge in [-0.2, -0.15) is 0 Å². The Balaban J connectivity index is 2.23. The Morgan fingerprint density at radius 2 is 1.57 bits per heavy atom. The van der Waals surface area contributed by atoms with Crippen molar-refractivity contribution in [1.29, 1.82) is 0 Å². The molecule has 0 saturated heterocycles. The van der Waals surface area contributed by atoms with Crippen LogP contribution in [-0.4, -0.2) is 32.7 Å². The standard InChI is InChI=1S/C21H25NO5S/c1-14(2)28(25,26)18-11-9-17(10-12-18)21(24)22-19(13-20(23)27-4)16-7-5-15(3)6-8-16/h5-12,14,19H,13H2,1-4H3,(H,22,24). The van der Waals surface area contributed by atoms with Crippen LogP contribution in [0.5, 0.6) is 0 Å². The maximum atomic E-state index is 12.6. The van der Waals surface area contributed by atoms with Gasteiger partial charge in [-0.05, 0) is 50.6 Å². The number of amides is 1. The van der Waals surface area contributed by atoms with Gasteiger partial charge < -0.3 is 10.1 Å². The van der Waals surface area contributed by atoms with Crippen molar-refractivity contribution in [2.45, 2.75) is 43.4 Å². The highest BCUT2D eigenvalue weighted by molar-refractivity contribution is 7.92. The molecule has 0 aliphatic rings. The van der Waals surface area contributed by atoms with Crippen molar-refractivity contribution in [1.82, 2.24) is 5.32 Å². The molecule has 0 saturated carbocycles. The highest BCUT2D eigenvalue weighted by Crippen LogP contribution is 2.20. The second kappa shape index (κ2) is 9.01. The number of hydrogen-bond donors (Lipinski definition) is 1. The molecule has 0 aliphatic carbocycles. The molecular formula is C21H25NO5S. The highest BCUT2D eigenvalue weighted by atomic mass is 32.2. The average Bonchev–Trinajstić information content (AvgIpc) is 2.67. The molecule has 0 aromatic heterocycles. The molecule has 0 radical (unpaired) electrons. The van der Waals surface area contributed by atoms with Crippen molar-refractivity contribution >= 4 is 21.7 Å². The molecule has 28 heavy (non-hydrogen) atoms. The third kappa shape index (κ3) is 5.19. The van der Waals surface area contributed by atoms with E-state index in [2.05, 4.69) is 5.32 Å². The van der Waals surface area contributed by atoms with E-state index in [-0.39, 0.29) is 11.3 Å². The van der Waals surface area contributed by atoms with Gasteiger partial charge in [0.2, 0.25) is 0 Å². The normalized spacial score (nSPS) is 12.5. The Morgan fingerprint density at radius 3 is 2.07 bits per heavy atom. The van der Waals surface area contributed by atoms with Gasteiger partial charge in [0.05, 0.1) is 29.7 Å². The molecule has 2 rings (SSSR count). The van der Waals surface area contributed by atoms with E-state index in [9.17, 15) is 18.0 Å². The molecule has 1 unspecified atom stereocenters. The number of carbonyl (C=O) groups excluding carboxylic acids is 2. The van der Waals surface area contributed by atoms with Crippen LogP contribution < -0.4 is 5.32 Å². The molecule has 1 atom stereocenters. The van der Waals surface area contributed by atoms with Gasteiger partial charge in [0.15, 0.2) is 9.84 Å². The zero-order chi connectivity index (χ0) is 20.9. The number of sulfone groups is 1. The third-order valence-electron chi connectivity index (χ3n) is 4.45. The Labute approximate surface area is 165 Å². The SMILES string of the molecule is COC(=O)CC(NC(=O)c1ccc(S(=O)(=O)C(C)C)cc1)c1ccc(C)cc1. The summed E-state index contributed by atoms with van der Waals surface area (Å²) >= 11 is 0. The fourth-order valence-electron chi connectivity index (χ4n) is 2.61. The molecule has 0 aliphatic heterocycles. The molecule has 0 bridgehead atoms. The van der Waals surface area contributed by atoms with Crippen molar-refractivity contribution < 1.29 is 22.7 Å². The predicted molar refractivity (Wildman–Crippen MR) is 107 cm³/mol. The van der Waals surface area contributed by atoms with Crippen LogP contribution in [0.1, 0.15) is 47.8 Å². The summed E-state index contributed by atoms with van der Waals surface area (Å²) in [5, 5.41) is 2.28. The first-order chi connectivity index (χ1) is 13.1. The summed E-state index contributed by atoms with van der Waals surface area (Å²) in [7, 11) is -2.11. The highest BCUT2D eigenvalue weighted by Gasteiger charge is 2.22. The van der Waals surface area contributed by atoms with Gasteiger partial charge in [-0.1, -0.05) is 29.8 Å². The first-order valence-corrected chi connectivity index (χ1v) is 10.5. The minimum atomic E-state index is -3.40. The first kappa shape index (κ1) is 21.6. The summed E-state index contributed by atoms with van der Waals surface area (Å²) in [4.78, 5) is 24.6. The van der Waals surface area contributed by atoms with Crippen molar-refractivity contribution in [3.8, 4) is 0 Å². The van der Waals surface area contributed by atoms with E-state index in [0.717, 1.165) is 11.1 Å². The second-order valence-corrected chi connectivity index (χ2v) is 9.34. The lowest BCUT2D eigenvalue weighted by atomic mass is 10.0. The lowest BCUT2D eigenvalue weighted by Crippen LogP contribution is -2.30. The minimum absolute atomic E-state index is 0.00882. The summed E-state index contributed by atoms with van der Waals surface area (Å²) in [5.74, 6) is -0.841. The number of methoxy groups -OCH3 is 1. The Bertz CT molecular complexity index is 932. The zero-order valence-electron chi connectivity index (χ0n) is 16.4. The number of nitrogens with one attached hydrogen (secondary N) is 1. The largest absolute Gasteiger partial charge is 0.469 e. The summed E-state index contributed by atoms with van der Waals surface area (Å²) in [5.41, 5.74) is 2.15. The zero-order valence-corrected chi connectivity index (χ0v) is 17.2. The molecule has 2 aromatic carbocycles. The summed E-state index contributed by atoms with van der Waals surface area (Å²) in [6.07, 6.45) is -0.00882. The number of carbonyl (C=O) groups is 2. The quantitative estimate of drug-likeness (QED) is 0.717. The van der Waals surface area contributed by atoms with E-state index in [0.29, 0.717) is 5.56 Å². The Hall–Kier alpha value is -2.67. The van der Waals surface area contributed by atoms with Crippen LogP contribution in [-0.2, 0) is 19.4 Å². The first-order valence-electron chi connectivity index (χ1n) is 8.93. The molecule has 1 amide bonds. The van der Waals surface area contributed by atoms with E-state index in [1.54, 1.807) is 13.8 Å². The van der Waals surface area contributed by atoms with E-state index in [1.165, 1.54) is 31.4 Å². The predicted octanol–water partition coefficient (Wildman–Crippen LogP) is 3.21. The van der Waals surface area contributed by atoms with E-state index >= 15 is 0 Å². The van der Waals surface area contributed by atoms with Crippen molar-refractivity contribution in [3.63, 3.8) is 0 Å². The maximum absolute atomic E-state index is 12.6. The minimum Gasteiger partial charge on any atom is -0.469 e. The molecule has 6 nitrogen and oxygen atoms in total. The monoisotopic (exact) mass is 403 g/mol. The van der Waals surface area contributed by atoms with Crippen molar-refractivity contribution in [2.75, 3.05) is 7.11 Å². The number of esters is 1. The fraction of sp³-hybridized carbons (Fsp3) is 0.333. The van der Waals surface area contributed by atoms with Crippen molar-refractivity contribution in [2.24, 2.45) is 0 Å². The van der Waals surface area contributed by atoms with Crippen LogP contribution in [0.4, 0.5) is 0 Å². The van der Waals surface area contributed by atoms with Gasteiger partial charge in [-0.15, -0.1) is 0 Å². The number of aryl methyl sites for hydroxylation is 1. The molecule has 0 fully saturated rings. The molecule has 1 N–H and O–H groups in total. The summed E-state index contributed by atoms with van der Waals surface area (Å²) < 4.78 is 29.1. The maximum Gasteiger partial charge on any atom is 0.307 e. The molecule has 0 spiro atoms. The van der Waals surface area contributed by atoms with Gasteiger partial charge in [0, 0.05) is 5.56 Å². The van der Waals surface area contributed by atoms with Gasteiger partial charge in [-0.25, -0.2) is 8.42 Å². The van der Waals surface area contributed by atoms with Crippen LogP contribution >= 0.6 is 0 Å². The number of hydrogen-bond acceptors (Lipinski definition) is 5. The van der Waals surface area contributed by atoms with Crippen LogP contribution in [0.3, 0.4) is 0 Å². The van der Waals surface area contributed by atoms with E-state index in [4.69, 9.17) is 4.74 Å². The second-order valence-electron chi connectivity index (χ2n) is 6.84. The van der Waals surface area contributed by atoms with E-state index < -0.39 is 33.0 Å². The fourth-order valence-corrected chi connectivity index (χ4v) is 3.67. The van der Waals surface area contributed by atoms with Crippen molar-refractivity contribution in [3.05, 3.63) is 65.2 Å².